The molecule has 7 heteroatoms. The number of carbonyl (C=O) groups excluding carboxylic acids is 2. The van der Waals surface area contributed by atoms with Crippen LogP contribution < -0.4 is 10.6 Å². The summed E-state index contributed by atoms with van der Waals surface area (Å²) in [6.45, 7) is 3.49. The summed E-state index contributed by atoms with van der Waals surface area (Å²) in [7, 11) is 2.05. The first-order chi connectivity index (χ1) is 12.1. The molecule has 0 spiro atoms. The Kier molecular flexibility index (Phi) is 5.35. The number of nitrogens with one attached hydrogen (secondary N) is 2. The topological polar surface area (TPSA) is 77.8 Å². The van der Waals surface area contributed by atoms with Gasteiger partial charge in [-0.1, -0.05) is 6.07 Å². The monoisotopic (exact) mass is 342 g/mol. The van der Waals surface area contributed by atoms with Gasteiger partial charge in [0.1, 0.15) is 5.76 Å². The van der Waals surface area contributed by atoms with Gasteiger partial charge in [0.25, 0.3) is 5.91 Å². The molecule has 0 unspecified atom stereocenters. The van der Waals surface area contributed by atoms with E-state index in [0.717, 1.165) is 26.2 Å². The van der Waals surface area contributed by atoms with Gasteiger partial charge in [-0.15, -0.1) is 0 Å². The Hall–Kier alpha value is -2.80. The number of benzene rings is 1. The zero-order chi connectivity index (χ0) is 17.6. The predicted molar refractivity (Wildman–Crippen MR) is 94.4 cm³/mol. The first kappa shape index (κ1) is 17.0. The second-order valence-corrected chi connectivity index (χ2v) is 6.06. The molecule has 1 aliphatic heterocycles. The molecule has 0 aliphatic carbocycles. The summed E-state index contributed by atoms with van der Waals surface area (Å²) in [5, 5.41) is 5.44. The van der Waals surface area contributed by atoms with E-state index in [0.29, 0.717) is 23.6 Å². The van der Waals surface area contributed by atoms with E-state index in [2.05, 4.69) is 15.5 Å². The summed E-state index contributed by atoms with van der Waals surface area (Å²) in [4.78, 5) is 28.6. The normalized spacial score (nSPS) is 15.0. The Morgan fingerprint density at radius 1 is 1.12 bits per heavy atom. The fraction of sp³-hybridized carbons (Fsp3) is 0.333. The number of anilines is 1. The van der Waals surface area contributed by atoms with E-state index in [1.807, 2.05) is 11.9 Å². The molecule has 1 aromatic carbocycles. The molecule has 1 aliphatic rings. The summed E-state index contributed by atoms with van der Waals surface area (Å²) in [5.74, 6) is 0.668. The van der Waals surface area contributed by atoms with E-state index in [1.165, 1.54) is 0 Å². The molecule has 0 bridgehead atoms. The molecule has 132 valence electrons. The lowest BCUT2D eigenvalue weighted by Crippen LogP contribution is -2.47. The van der Waals surface area contributed by atoms with E-state index in [9.17, 15) is 9.59 Å². The lowest BCUT2D eigenvalue weighted by molar-refractivity contribution is 0.0664. The Balaban J connectivity index is 1.57. The van der Waals surface area contributed by atoms with Crippen molar-refractivity contribution >= 4 is 17.6 Å². The van der Waals surface area contributed by atoms with E-state index >= 15 is 0 Å². The van der Waals surface area contributed by atoms with E-state index < -0.39 is 0 Å². The van der Waals surface area contributed by atoms with Crippen LogP contribution in [0.2, 0.25) is 0 Å². The highest BCUT2D eigenvalue weighted by Gasteiger charge is 2.20. The number of rotatable bonds is 4. The third-order valence-electron chi connectivity index (χ3n) is 4.16. The first-order valence-electron chi connectivity index (χ1n) is 8.27. The van der Waals surface area contributed by atoms with Crippen LogP contribution in [0.1, 0.15) is 16.1 Å². The highest BCUT2D eigenvalue weighted by molar-refractivity contribution is 5.97. The molecule has 2 N–H and O–H groups in total. The van der Waals surface area contributed by atoms with Gasteiger partial charge >= 0.3 is 6.03 Å². The van der Waals surface area contributed by atoms with Crippen LogP contribution in [0.3, 0.4) is 0 Å². The average Bonchev–Trinajstić information content (AvgIpc) is 3.14. The van der Waals surface area contributed by atoms with E-state index in [-0.39, 0.29) is 11.9 Å². The standard InChI is InChI=1S/C18H22N4O3/c1-21-7-9-22(10-8-21)17(23)14-4-2-5-15(12-14)20-18(24)19-13-16-6-3-11-25-16/h2-6,11-12H,7-10,13H2,1H3,(H2,19,20,24). The van der Waals surface area contributed by atoms with Crippen LogP contribution in [0.5, 0.6) is 0 Å². The lowest BCUT2D eigenvalue weighted by Gasteiger charge is -2.32. The number of hydrogen-bond acceptors (Lipinski definition) is 4. The number of furan rings is 1. The Bertz CT molecular complexity index is 722. The quantitative estimate of drug-likeness (QED) is 0.891. The van der Waals surface area contributed by atoms with Crippen LogP contribution in [-0.2, 0) is 6.54 Å². The van der Waals surface area contributed by atoms with Gasteiger partial charge in [0.15, 0.2) is 0 Å². The Labute approximate surface area is 146 Å². The molecule has 7 nitrogen and oxygen atoms in total. The smallest absolute Gasteiger partial charge is 0.319 e. The molecule has 1 fully saturated rings. The van der Waals surface area contributed by atoms with Crippen molar-refractivity contribution in [2.24, 2.45) is 0 Å². The minimum absolute atomic E-state index is 0.00672. The van der Waals surface area contributed by atoms with Crippen LogP contribution in [0, 0.1) is 0 Å². The van der Waals surface area contributed by atoms with Gasteiger partial charge in [0, 0.05) is 37.4 Å². The minimum Gasteiger partial charge on any atom is -0.467 e. The SMILES string of the molecule is CN1CCN(C(=O)c2cccc(NC(=O)NCc3ccco3)c2)CC1. The molecular weight excluding hydrogens is 320 g/mol. The number of likely N-dealkylation sites (N-methyl/N-ethyl adjacent to an activating group) is 1. The van der Waals surface area contributed by atoms with Gasteiger partial charge < -0.3 is 24.9 Å². The Morgan fingerprint density at radius 2 is 1.92 bits per heavy atom. The van der Waals surface area contributed by atoms with Crippen LogP contribution in [0.4, 0.5) is 10.5 Å². The maximum Gasteiger partial charge on any atom is 0.319 e. The zero-order valence-electron chi connectivity index (χ0n) is 14.2. The molecule has 3 rings (SSSR count). The molecule has 0 atom stereocenters. The minimum atomic E-state index is -0.347. The molecule has 0 radical (unpaired) electrons. The molecule has 25 heavy (non-hydrogen) atoms. The van der Waals surface area contributed by atoms with E-state index in [4.69, 9.17) is 4.42 Å². The molecule has 2 heterocycles. The zero-order valence-corrected chi connectivity index (χ0v) is 14.2. The summed E-state index contributed by atoms with van der Waals surface area (Å²) < 4.78 is 5.16. The highest BCUT2D eigenvalue weighted by Crippen LogP contribution is 2.14. The highest BCUT2D eigenvalue weighted by atomic mass is 16.3. The molecule has 2 aromatic rings. The number of urea groups is 1. The van der Waals surface area contributed by atoms with Crippen molar-refractivity contribution in [3.63, 3.8) is 0 Å². The van der Waals surface area contributed by atoms with Gasteiger partial charge in [-0.25, -0.2) is 4.79 Å². The number of hydrogen-bond donors (Lipinski definition) is 2. The summed E-state index contributed by atoms with van der Waals surface area (Å²) in [5.41, 5.74) is 1.16. The van der Waals surface area contributed by atoms with Crippen LogP contribution in [-0.4, -0.2) is 55.0 Å². The molecule has 1 saturated heterocycles. The van der Waals surface area contributed by atoms with Crippen LogP contribution >= 0.6 is 0 Å². The van der Waals surface area contributed by atoms with Crippen molar-refractivity contribution in [2.75, 3.05) is 38.5 Å². The van der Waals surface area contributed by atoms with Crippen LogP contribution in [0.25, 0.3) is 0 Å². The third-order valence-corrected chi connectivity index (χ3v) is 4.16. The van der Waals surface area contributed by atoms with Crippen molar-refractivity contribution in [1.82, 2.24) is 15.1 Å². The van der Waals surface area contributed by atoms with Crippen molar-refractivity contribution in [3.8, 4) is 0 Å². The fourth-order valence-electron chi connectivity index (χ4n) is 2.68. The Morgan fingerprint density at radius 3 is 2.64 bits per heavy atom. The number of nitrogens with zero attached hydrogens (tertiary/aromatic N) is 2. The van der Waals surface area contributed by atoms with Gasteiger partial charge in [-0.3, -0.25) is 4.79 Å². The summed E-state index contributed by atoms with van der Waals surface area (Å²) in [6, 6.07) is 10.2. The van der Waals surface area contributed by atoms with Gasteiger partial charge in [-0.2, -0.15) is 0 Å². The van der Waals surface area contributed by atoms with Crippen molar-refractivity contribution in [3.05, 3.63) is 54.0 Å². The third kappa shape index (κ3) is 4.60. The van der Waals surface area contributed by atoms with Crippen LogP contribution in [0.15, 0.2) is 47.1 Å². The molecule has 0 saturated carbocycles. The number of piperazine rings is 1. The number of amides is 3. The first-order valence-corrected chi connectivity index (χ1v) is 8.27. The van der Waals surface area contributed by atoms with E-state index in [1.54, 1.807) is 42.7 Å². The average molecular weight is 342 g/mol. The maximum absolute atomic E-state index is 12.6. The summed E-state index contributed by atoms with van der Waals surface area (Å²) in [6.07, 6.45) is 1.56. The second kappa shape index (κ2) is 7.85. The van der Waals surface area contributed by atoms with Crippen molar-refractivity contribution in [1.29, 1.82) is 0 Å². The second-order valence-electron chi connectivity index (χ2n) is 6.06. The predicted octanol–water partition coefficient (Wildman–Crippen LogP) is 1.99. The van der Waals surface area contributed by atoms with Gasteiger partial charge in [0.05, 0.1) is 12.8 Å². The number of carbonyl (C=O) groups is 2. The van der Waals surface area contributed by atoms with Crippen molar-refractivity contribution < 1.29 is 14.0 Å². The summed E-state index contributed by atoms with van der Waals surface area (Å²) >= 11 is 0. The largest absolute Gasteiger partial charge is 0.467 e. The van der Waals surface area contributed by atoms with Gasteiger partial charge in [0.2, 0.25) is 0 Å². The van der Waals surface area contributed by atoms with Gasteiger partial charge in [-0.05, 0) is 37.4 Å². The molecule has 1 aromatic heterocycles. The van der Waals surface area contributed by atoms with Crippen molar-refractivity contribution in [2.45, 2.75) is 6.54 Å². The fourth-order valence-corrected chi connectivity index (χ4v) is 2.68. The maximum atomic E-state index is 12.6. The molecule has 3 amide bonds. The molecular formula is C18H22N4O3. The lowest BCUT2D eigenvalue weighted by atomic mass is 10.1.